The Morgan fingerprint density at radius 2 is 1.92 bits per heavy atom. The summed E-state index contributed by atoms with van der Waals surface area (Å²) in [5.74, 6) is -1.99. The van der Waals surface area contributed by atoms with Gasteiger partial charge in [0.2, 0.25) is 0 Å². The number of methoxy groups -OCH3 is 1. The Bertz CT molecular complexity index is 700. The van der Waals surface area contributed by atoms with Crippen molar-refractivity contribution in [2.45, 2.75) is 33.2 Å². The standard InChI is InChI=1S/C17H22N2O7/c1-10(2)8-13(17(22)25-4)18-15(20)9-26-16(21)12-6-5-7-14(11(12)3)19(23)24/h5-7,10,13H,8-9H2,1-4H3,(H,18,20)/t13-/m1/s1. The maximum absolute atomic E-state index is 12.1. The number of esters is 2. The van der Waals surface area contributed by atoms with E-state index in [9.17, 15) is 24.5 Å². The molecule has 0 aliphatic heterocycles. The quantitative estimate of drug-likeness (QED) is 0.422. The van der Waals surface area contributed by atoms with Crippen molar-refractivity contribution in [1.29, 1.82) is 0 Å². The number of nitrogens with one attached hydrogen (secondary N) is 1. The van der Waals surface area contributed by atoms with Gasteiger partial charge in [-0.05, 0) is 25.3 Å². The van der Waals surface area contributed by atoms with Gasteiger partial charge in [0.25, 0.3) is 11.6 Å². The topological polar surface area (TPSA) is 125 Å². The van der Waals surface area contributed by atoms with E-state index in [0.29, 0.717) is 6.42 Å². The summed E-state index contributed by atoms with van der Waals surface area (Å²) in [7, 11) is 1.22. The normalized spacial score (nSPS) is 11.6. The Balaban J connectivity index is 2.72. The molecular formula is C17H22N2O7. The second-order valence-corrected chi connectivity index (χ2v) is 6.06. The highest BCUT2D eigenvalue weighted by atomic mass is 16.6. The molecule has 1 rings (SSSR count). The molecule has 0 heterocycles. The average molecular weight is 366 g/mol. The number of benzene rings is 1. The van der Waals surface area contributed by atoms with E-state index in [1.807, 2.05) is 13.8 Å². The van der Waals surface area contributed by atoms with E-state index in [1.54, 1.807) is 0 Å². The van der Waals surface area contributed by atoms with Crippen LogP contribution in [0.15, 0.2) is 18.2 Å². The molecule has 0 saturated carbocycles. The largest absolute Gasteiger partial charge is 0.467 e. The van der Waals surface area contributed by atoms with Gasteiger partial charge in [0.05, 0.1) is 17.6 Å². The van der Waals surface area contributed by atoms with Crippen molar-refractivity contribution in [3.63, 3.8) is 0 Å². The van der Waals surface area contributed by atoms with Crippen molar-refractivity contribution in [1.82, 2.24) is 5.32 Å². The van der Waals surface area contributed by atoms with Crippen LogP contribution in [0.1, 0.15) is 36.2 Å². The number of ether oxygens (including phenoxy) is 2. The third kappa shape index (κ3) is 5.83. The Morgan fingerprint density at radius 3 is 2.46 bits per heavy atom. The molecule has 0 aliphatic rings. The van der Waals surface area contributed by atoms with Crippen molar-refractivity contribution in [3.8, 4) is 0 Å². The van der Waals surface area contributed by atoms with Gasteiger partial charge in [0, 0.05) is 11.6 Å². The first kappa shape index (κ1) is 21.1. The van der Waals surface area contributed by atoms with Gasteiger partial charge >= 0.3 is 11.9 Å². The van der Waals surface area contributed by atoms with Crippen LogP contribution in [0.4, 0.5) is 5.69 Å². The van der Waals surface area contributed by atoms with Crippen LogP contribution in [0.2, 0.25) is 0 Å². The molecule has 142 valence electrons. The minimum atomic E-state index is -0.861. The first-order valence-corrected chi connectivity index (χ1v) is 7.95. The number of carbonyl (C=O) groups excluding carboxylic acids is 3. The molecular weight excluding hydrogens is 344 g/mol. The number of amides is 1. The van der Waals surface area contributed by atoms with E-state index >= 15 is 0 Å². The Kier molecular flexibility index (Phi) is 7.70. The summed E-state index contributed by atoms with van der Waals surface area (Å²) < 4.78 is 9.53. The highest BCUT2D eigenvalue weighted by Gasteiger charge is 2.24. The molecule has 1 N–H and O–H groups in total. The molecule has 0 spiro atoms. The molecule has 0 fully saturated rings. The highest BCUT2D eigenvalue weighted by molar-refractivity contribution is 5.94. The zero-order valence-corrected chi connectivity index (χ0v) is 15.1. The predicted octanol–water partition coefficient (Wildman–Crippen LogP) is 1.76. The molecule has 0 unspecified atom stereocenters. The molecule has 1 aromatic rings. The molecule has 0 radical (unpaired) electrons. The van der Waals surface area contributed by atoms with Crippen LogP contribution in [0.25, 0.3) is 0 Å². The lowest BCUT2D eigenvalue weighted by Gasteiger charge is -2.18. The zero-order chi connectivity index (χ0) is 19.9. The maximum atomic E-state index is 12.1. The molecule has 0 saturated heterocycles. The van der Waals surface area contributed by atoms with Crippen LogP contribution >= 0.6 is 0 Å². The molecule has 1 amide bonds. The molecule has 0 aliphatic carbocycles. The fourth-order valence-corrected chi connectivity index (χ4v) is 2.31. The van der Waals surface area contributed by atoms with Gasteiger partial charge in [-0.3, -0.25) is 14.9 Å². The summed E-state index contributed by atoms with van der Waals surface area (Å²) in [6, 6.07) is 3.16. The average Bonchev–Trinajstić information content (AvgIpc) is 2.57. The zero-order valence-electron chi connectivity index (χ0n) is 15.1. The minimum absolute atomic E-state index is 0.00121. The van der Waals surface area contributed by atoms with Crippen molar-refractivity contribution < 1.29 is 28.8 Å². The van der Waals surface area contributed by atoms with Crippen molar-refractivity contribution in [3.05, 3.63) is 39.4 Å². The number of nitrogens with zero attached hydrogens (tertiary/aromatic N) is 1. The van der Waals surface area contributed by atoms with Gasteiger partial charge in [-0.25, -0.2) is 9.59 Å². The highest BCUT2D eigenvalue weighted by Crippen LogP contribution is 2.21. The van der Waals surface area contributed by atoms with Crippen LogP contribution in [-0.2, 0) is 19.1 Å². The summed E-state index contributed by atoms with van der Waals surface area (Å²) in [5, 5.41) is 13.4. The van der Waals surface area contributed by atoms with Gasteiger partial charge in [0.15, 0.2) is 6.61 Å². The van der Waals surface area contributed by atoms with Crippen LogP contribution in [0.3, 0.4) is 0 Å². The van der Waals surface area contributed by atoms with Crippen LogP contribution in [0.5, 0.6) is 0 Å². The van der Waals surface area contributed by atoms with Crippen molar-refractivity contribution in [2.24, 2.45) is 5.92 Å². The molecule has 1 atom stereocenters. The fourth-order valence-electron chi connectivity index (χ4n) is 2.31. The second-order valence-electron chi connectivity index (χ2n) is 6.06. The lowest BCUT2D eigenvalue weighted by molar-refractivity contribution is -0.385. The van der Waals surface area contributed by atoms with Gasteiger partial charge in [-0.1, -0.05) is 19.9 Å². The van der Waals surface area contributed by atoms with E-state index in [0.717, 1.165) is 0 Å². The number of nitro benzene ring substituents is 1. The summed E-state index contributed by atoms with van der Waals surface area (Å²) in [6.45, 7) is 4.57. The maximum Gasteiger partial charge on any atom is 0.339 e. The third-order valence-electron chi connectivity index (χ3n) is 3.58. The minimum Gasteiger partial charge on any atom is -0.467 e. The molecule has 0 aromatic heterocycles. The predicted molar refractivity (Wildman–Crippen MR) is 91.5 cm³/mol. The summed E-state index contributed by atoms with van der Waals surface area (Å²) in [4.78, 5) is 46.0. The SMILES string of the molecule is COC(=O)[C@@H](CC(C)C)NC(=O)COC(=O)c1cccc([N+](=O)[O-])c1C. The summed E-state index contributed by atoms with van der Waals surface area (Å²) >= 11 is 0. The third-order valence-corrected chi connectivity index (χ3v) is 3.58. The number of rotatable bonds is 8. The van der Waals surface area contributed by atoms with Gasteiger partial charge in [-0.15, -0.1) is 0 Å². The van der Waals surface area contributed by atoms with E-state index in [-0.39, 0.29) is 22.7 Å². The Morgan fingerprint density at radius 1 is 1.27 bits per heavy atom. The van der Waals surface area contributed by atoms with E-state index < -0.39 is 35.4 Å². The molecule has 9 heteroatoms. The van der Waals surface area contributed by atoms with Gasteiger partial charge in [-0.2, -0.15) is 0 Å². The lowest BCUT2D eigenvalue weighted by Crippen LogP contribution is -2.44. The van der Waals surface area contributed by atoms with Gasteiger partial charge in [0.1, 0.15) is 6.04 Å². The van der Waals surface area contributed by atoms with Crippen LogP contribution < -0.4 is 5.32 Å². The lowest BCUT2D eigenvalue weighted by atomic mass is 10.0. The van der Waals surface area contributed by atoms with Crippen molar-refractivity contribution in [2.75, 3.05) is 13.7 Å². The van der Waals surface area contributed by atoms with E-state index in [1.165, 1.54) is 32.2 Å². The first-order chi connectivity index (χ1) is 12.2. The Labute approximate surface area is 150 Å². The Hall–Kier alpha value is -2.97. The van der Waals surface area contributed by atoms with Gasteiger partial charge < -0.3 is 14.8 Å². The number of hydrogen-bond acceptors (Lipinski definition) is 7. The first-order valence-electron chi connectivity index (χ1n) is 7.95. The van der Waals surface area contributed by atoms with Crippen LogP contribution in [0, 0.1) is 23.0 Å². The molecule has 9 nitrogen and oxygen atoms in total. The second kappa shape index (κ2) is 9.50. The molecule has 1 aromatic carbocycles. The molecule has 26 heavy (non-hydrogen) atoms. The smallest absolute Gasteiger partial charge is 0.339 e. The number of carbonyl (C=O) groups is 3. The summed E-state index contributed by atoms with van der Waals surface area (Å²) in [6.07, 6.45) is 0.371. The fraction of sp³-hybridized carbons (Fsp3) is 0.471. The van der Waals surface area contributed by atoms with E-state index in [4.69, 9.17) is 4.74 Å². The number of nitro groups is 1. The monoisotopic (exact) mass is 366 g/mol. The van der Waals surface area contributed by atoms with E-state index in [2.05, 4.69) is 10.1 Å². The summed E-state index contributed by atoms with van der Waals surface area (Å²) in [5.41, 5.74) is -0.0690. The number of hydrogen-bond donors (Lipinski definition) is 1. The molecule has 0 bridgehead atoms. The van der Waals surface area contributed by atoms with Crippen molar-refractivity contribution >= 4 is 23.5 Å². The van der Waals surface area contributed by atoms with Crippen LogP contribution in [-0.4, -0.2) is 42.5 Å².